The van der Waals surface area contributed by atoms with Crippen molar-refractivity contribution in [1.29, 1.82) is 0 Å². The molecule has 5 rings (SSSR count). The molecule has 1 fully saturated rings. The van der Waals surface area contributed by atoms with Crippen LogP contribution in [-0.4, -0.2) is 35.8 Å². The van der Waals surface area contributed by atoms with Crippen molar-refractivity contribution in [2.24, 2.45) is 5.92 Å². The third-order valence-corrected chi connectivity index (χ3v) is 5.92. The molecule has 0 saturated carbocycles. The van der Waals surface area contributed by atoms with Gasteiger partial charge >= 0.3 is 0 Å². The van der Waals surface area contributed by atoms with Crippen molar-refractivity contribution in [1.82, 2.24) is 15.3 Å². The minimum atomic E-state index is -0.0342. The number of rotatable bonds is 6. The van der Waals surface area contributed by atoms with Gasteiger partial charge in [0.05, 0.1) is 0 Å². The lowest BCUT2D eigenvalue weighted by Crippen LogP contribution is -2.40. The highest BCUT2D eigenvalue weighted by Gasteiger charge is 2.27. The van der Waals surface area contributed by atoms with Crippen molar-refractivity contribution in [2.75, 3.05) is 24.8 Å². The number of aryl methyl sites for hydroxylation is 1. The molecule has 33 heavy (non-hydrogen) atoms. The number of hydrogen-bond acceptors (Lipinski definition) is 7. The topological polar surface area (TPSA) is 85.8 Å². The predicted molar refractivity (Wildman–Crippen MR) is 123 cm³/mol. The third-order valence-electron chi connectivity index (χ3n) is 5.92. The zero-order valence-corrected chi connectivity index (χ0v) is 18.5. The van der Waals surface area contributed by atoms with E-state index in [0.717, 1.165) is 41.2 Å². The molecule has 1 N–H and O–H groups in total. The van der Waals surface area contributed by atoms with Crippen LogP contribution in [0.5, 0.6) is 23.1 Å². The third kappa shape index (κ3) is 4.84. The van der Waals surface area contributed by atoms with Crippen molar-refractivity contribution in [3.05, 3.63) is 66.0 Å². The Bertz CT molecular complexity index is 1140. The first-order valence-corrected chi connectivity index (χ1v) is 11.1. The SMILES string of the molecule is Cc1cccc(Oc2nccnc2N2CCC(C(=O)NCc3ccc4c(c3)OCO4)CC2)c1. The molecule has 1 aromatic heterocycles. The molecule has 0 radical (unpaired) electrons. The number of benzene rings is 2. The van der Waals surface area contributed by atoms with Gasteiger partial charge in [0.25, 0.3) is 5.88 Å². The van der Waals surface area contributed by atoms with E-state index in [-0.39, 0.29) is 18.6 Å². The zero-order chi connectivity index (χ0) is 22.6. The maximum atomic E-state index is 12.8. The van der Waals surface area contributed by atoms with Crippen LogP contribution in [0, 0.1) is 12.8 Å². The maximum absolute atomic E-state index is 12.8. The Morgan fingerprint density at radius 2 is 1.91 bits per heavy atom. The van der Waals surface area contributed by atoms with Crippen LogP contribution in [-0.2, 0) is 11.3 Å². The molecule has 2 aliphatic rings. The summed E-state index contributed by atoms with van der Waals surface area (Å²) in [6.45, 7) is 4.16. The summed E-state index contributed by atoms with van der Waals surface area (Å²) < 4.78 is 16.8. The summed E-state index contributed by atoms with van der Waals surface area (Å²) in [6, 6.07) is 13.6. The molecule has 1 saturated heterocycles. The van der Waals surface area contributed by atoms with Crippen LogP contribution < -0.4 is 24.4 Å². The van der Waals surface area contributed by atoms with E-state index < -0.39 is 0 Å². The van der Waals surface area contributed by atoms with Crippen LogP contribution in [0.25, 0.3) is 0 Å². The van der Waals surface area contributed by atoms with Crippen LogP contribution in [0.3, 0.4) is 0 Å². The van der Waals surface area contributed by atoms with E-state index in [2.05, 4.69) is 20.2 Å². The van der Waals surface area contributed by atoms with Crippen molar-refractivity contribution in [3.8, 4) is 23.1 Å². The number of aromatic nitrogens is 2. The van der Waals surface area contributed by atoms with Crippen LogP contribution in [0.1, 0.15) is 24.0 Å². The highest BCUT2D eigenvalue weighted by molar-refractivity contribution is 5.79. The number of nitrogens with one attached hydrogen (secondary N) is 1. The molecule has 3 aromatic rings. The second kappa shape index (κ2) is 9.36. The Labute approximate surface area is 192 Å². The molecule has 170 valence electrons. The highest BCUT2D eigenvalue weighted by Crippen LogP contribution is 2.33. The van der Waals surface area contributed by atoms with Crippen LogP contribution in [0.2, 0.25) is 0 Å². The first-order valence-electron chi connectivity index (χ1n) is 11.1. The smallest absolute Gasteiger partial charge is 0.263 e. The van der Waals surface area contributed by atoms with E-state index in [9.17, 15) is 4.79 Å². The zero-order valence-electron chi connectivity index (χ0n) is 18.5. The number of piperidine rings is 1. The average Bonchev–Trinajstić information content (AvgIpc) is 3.31. The lowest BCUT2D eigenvalue weighted by molar-refractivity contribution is -0.125. The van der Waals surface area contributed by atoms with Crippen molar-refractivity contribution >= 4 is 11.7 Å². The number of ether oxygens (including phenoxy) is 3. The van der Waals surface area contributed by atoms with E-state index >= 15 is 0 Å². The lowest BCUT2D eigenvalue weighted by Gasteiger charge is -2.32. The van der Waals surface area contributed by atoms with Gasteiger partial charge in [-0.15, -0.1) is 0 Å². The Hall–Kier alpha value is -3.81. The molecular weight excluding hydrogens is 420 g/mol. The Balaban J connectivity index is 1.17. The second-order valence-corrected chi connectivity index (χ2v) is 8.27. The Morgan fingerprint density at radius 1 is 1.09 bits per heavy atom. The molecule has 0 bridgehead atoms. The summed E-state index contributed by atoms with van der Waals surface area (Å²) in [5, 5.41) is 3.06. The summed E-state index contributed by atoms with van der Waals surface area (Å²) in [5.41, 5.74) is 2.10. The van der Waals surface area contributed by atoms with Gasteiger partial charge < -0.3 is 24.4 Å². The van der Waals surface area contributed by atoms with Gasteiger partial charge in [-0.3, -0.25) is 4.79 Å². The number of amides is 1. The summed E-state index contributed by atoms with van der Waals surface area (Å²) in [6.07, 6.45) is 4.79. The van der Waals surface area contributed by atoms with Gasteiger partial charge in [0.2, 0.25) is 12.7 Å². The van der Waals surface area contributed by atoms with Crippen molar-refractivity contribution in [2.45, 2.75) is 26.3 Å². The van der Waals surface area contributed by atoms with E-state index in [1.165, 1.54) is 0 Å². The van der Waals surface area contributed by atoms with Gasteiger partial charge in [-0.05, 0) is 55.2 Å². The maximum Gasteiger partial charge on any atom is 0.263 e. The minimum absolute atomic E-state index is 0.0342. The van der Waals surface area contributed by atoms with Gasteiger partial charge in [0.15, 0.2) is 17.3 Å². The summed E-state index contributed by atoms with van der Waals surface area (Å²) >= 11 is 0. The number of nitrogens with zero attached hydrogens (tertiary/aromatic N) is 3. The molecule has 0 unspecified atom stereocenters. The quantitative estimate of drug-likeness (QED) is 0.616. The van der Waals surface area contributed by atoms with Crippen LogP contribution >= 0.6 is 0 Å². The number of anilines is 1. The summed E-state index contributed by atoms with van der Waals surface area (Å²) in [5.74, 6) is 3.42. The monoisotopic (exact) mass is 446 g/mol. The number of fused-ring (bicyclic) bond motifs is 1. The fraction of sp³-hybridized carbons (Fsp3) is 0.320. The van der Waals surface area contributed by atoms with Crippen LogP contribution in [0.4, 0.5) is 5.82 Å². The highest BCUT2D eigenvalue weighted by atomic mass is 16.7. The molecule has 8 heteroatoms. The number of carbonyl (C=O) groups is 1. The van der Waals surface area contributed by atoms with Crippen molar-refractivity contribution < 1.29 is 19.0 Å². The summed E-state index contributed by atoms with van der Waals surface area (Å²) in [4.78, 5) is 23.8. The number of hydrogen-bond donors (Lipinski definition) is 1. The molecule has 0 aliphatic carbocycles. The first-order chi connectivity index (χ1) is 16.2. The van der Waals surface area contributed by atoms with E-state index in [4.69, 9.17) is 14.2 Å². The molecule has 0 spiro atoms. The van der Waals surface area contributed by atoms with Gasteiger partial charge in [-0.1, -0.05) is 18.2 Å². The van der Waals surface area contributed by atoms with Gasteiger partial charge in [-0.25, -0.2) is 9.97 Å². The Kier molecular flexibility index (Phi) is 5.97. The fourth-order valence-electron chi connectivity index (χ4n) is 4.14. The van der Waals surface area contributed by atoms with E-state index in [0.29, 0.717) is 31.3 Å². The Morgan fingerprint density at radius 3 is 2.76 bits per heavy atom. The minimum Gasteiger partial charge on any atom is -0.454 e. The molecule has 3 heterocycles. The molecule has 1 amide bonds. The van der Waals surface area contributed by atoms with Crippen LogP contribution in [0.15, 0.2) is 54.9 Å². The standard InChI is InChI=1S/C25H26N4O4/c1-17-3-2-4-20(13-17)33-25-23(26-9-10-27-25)29-11-7-19(8-12-29)24(30)28-15-18-5-6-21-22(14-18)32-16-31-21/h2-6,9-10,13-14,19H,7-8,11-12,15-16H2,1H3,(H,28,30). The number of carbonyl (C=O) groups excluding carboxylic acids is 1. The average molecular weight is 447 g/mol. The van der Waals surface area contributed by atoms with E-state index in [1.54, 1.807) is 12.4 Å². The largest absolute Gasteiger partial charge is 0.454 e. The van der Waals surface area contributed by atoms with Gasteiger partial charge in [-0.2, -0.15) is 0 Å². The van der Waals surface area contributed by atoms with Gasteiger partial charge in [0.1, 0.15) is 5.75 Å². The van der Waals surface area contributed by atoms with Crippen molar-refractivity contribution in [3.63, 3.8) is 0 Å². The lowest BCUT2D eigenvalue weighted by atomic mass is 9.96. The molecule has 2 aliphatic heterocycles. The van der Waals surface area contributed by atoms with Gasteiger partial charge in [0, 0.05) is 37.9 Å². The fourth-order valence-corrected chi connectivity index (χ4v) is 4.14. The molecule has 0 atom stereocenters. The van der Waals surface area contributed by atoms with E-state index in [1.807, 2.05) is 49.4 Å². The normalized spacial score (nSPS) is 15.4. The molecular formula is C25H26N4O4. The molecule has 8 nitrogen and oxygen atoms in total. The predicted octanol–water partition coefficient (Wildman–Crippen LogP) is 3.84. The second-order valence-electron chi connectivity index (χ2n) is 8.27. The molecule has 2 aromatic carbocycles. The summed E-state index contributed by atoms with van der Waals surface area (Å²) in [7, 11) is 0. The first kappa shape index (κ1) is 21.1.